The summed E-state index contributed by atoms with van der Waals surface area (Å²) in [4.78, 5) is 19.3. The van der Waals surface area contributed by atoms with Crippen LogP contribution in [-0.2, 0) is 0 Å². The van der Waals surface area contributed by atoms with Crippen LogP contribution in [0.3, 0.4) is 0 Å². The minimum atomic E-state index is -0.268. The summed E-state index contributed by atoms with van der Waals surface area (Å²) in [5, 5.41) is 7.46. The van der Waals surface area contributed by atoms with Crippen molar-refractivity contribution in [3.63, 3.8) is 0 Å². The zero-order valence-corrected chi connectivity index (χ0v) is 8.49. The van der Waals surface area contributed by atoms with Crippen molar-refractivity contribution in [1.29, 1.82) is 0 Å². The zero-order chi connectivity index (χ0) is 11.4. The van der Waals surface area contributed by atoms with Crippen LogP contribution in [0, 0.1) is 0 Å². The Bertz CT molecular complexity index is 484. The molecule has 0 amide bonds. The van der Waals surface area contributed by atoms with Crippen LogP contribution >= 0.6 is 0 Å². The molecule has 80 valence electrons. The van der Waals surface area contributed by atoms with Gasteiger partial charge in [0.2, 0.25) is 11.7 Å². The molecule has 0 aliphatic carbocycles. The predicted octanol–water partition coefficient (Wildman–Crippen LogP) is 0.506. The zero-order valence-electron chi connectivity index (χ0n) is 8.49. The highest BCUT2D eigenvalue weighted by atomic mass is 16.5. The van der Waals surface area contributed by atoms with Gasteiger partial charge in [0.05, 0.1) is 12.7 Å². The number of nitrogens with zero attached hydrogens (tertiary/aromatic N) is 4. The second kappa shape index (κ2) is 4.43. The number of rotatable bonds is 3. The van der Waals surface area contributed by atoms with E-state index >= 15 is 0 Å². The summed E-state index contributed by atoms with van der Waals surface area (Å²) in [5.41, 5.74) is 0.609. The van der Waals surface area contributed by atoms with Gasteiger partial charge < -0.3 is 4.74 Å². The summed E-state index contributed by atoms with van der Waals surface area (Å²) in [6, 6.07) is 3.12. The second-order valence-corrected chi connectivity index (χ2v) is 2.92. The topological polar surface area (TPSA) is 77.9 Å². The van der Waals surface area contributed by atoms with Crippen molar-refractivity contribution in [3.8, 4) is 5.88 Å². The fourth-order valence-electron chi connectivity index (χ4n) is 1.11. The van der Waals surface area contributed by atoms with Crippen LogP contribution in [0.15, 0.2) is 30.9 Å². The molecule has 0 bridgehead atoms. The maximum Gasteiger partial charge on any atom is 0.233 e. The molecule has 0 radical (unpaired) electrons. The van der Waals surface area contributed by atoms with Gasteiger partial charge in [-0.25, -0.2) is 9.97 Å². The van der Waals surface area contributed by atoms with Crippen molar-refractivity contribution in [2.24, 2.45) is 0 Å². The Labute approximate surface area is 91.3 Å². The highest BCUT2D eigenvalue weighted by Crippen LogP contribution is 2.07. The van der Waals surface area contributed by atoms with Gasteiger partial charge in [0.25, 0.3) is 0 Å². The molecule has 0 atom stereocenters. The molecule has 6 nitrogen and oxygen atoms in total. The van der Waals surface area contributed by atoms with Crippen molar-refractivity contribution in [1.82, 2.24) is 20.2 Å². The average molecular weight is 216 g/mol. The summed E-state index contributed by atoms with van der Waals surface area (Å²) < 4.78 is 4.85. The van der Waals surface area contributed by atoms with Gasteiger partial charge in [0, 0.05) is 18.5 Å². The van der Waals surface area contributed by atoms with Gasteiger partial charge >= 0.3 is 0 Å². The lowest BCUT2D eigenvalue weighted by Crippen LogP contribution is -2.06. The fourth-order valence-corrected chi connectivity index (χ4v) is 1.11. The Hall–Kier alpha value is -2.37. The summed E-state index contributed by atoms with van der Waals surface area (Å²) in [6.45, 7) is 0. The molecule has 16 heavy (non-hydrogen) atoms. The van der Waals surface area contributed by atoms with Crippen molar-refractivity contribution < 1.29 is 9.53 Å². The molecule has 0 saturated carbocycles. The van der Waals surface area contributed by atoms with Crippen molar-refractivity contribution in [3.05, 3.63) is 42.1 Å². The van der Waals surface area contributed by atoms with Crippen LogP contribution < -0.4 is 4.74 Å². The molecule has 0 saturated heterocycles. The number of ether oxygens (including phenoxy) is 1. The van der Waals surface area contributed by atoms with E-state index in [1.807, 2.05) is 0 Å². The first kappa shape index (κ1) is 10.2. The van der Waals surface area contributed by atoms with Gasteiger partial charge in [-0.1, -0.05) is 0 Å². The summed E-state index contributed by atoms with van der Waals surface area (Å²) in [7, 11) is 1.48. The Morgan fingerprint density at radius 1 is 1.19 bits per heavy atom. The van der Waals surface area contributed by atoms with E-state index < -0.39 is 0 Å². The minimum absolute atomic E-state index is 0.232. The third-order valence-electron chi connectivity index (χ3n) is 1.90. The predicted molar refractivity (Wildman–Crippen MR) is 54.0 cm³/mol. The van der Waals surface area contributed by atoms with Gasteiger partial charge in [0.15, 0.2) is 0 Å². The van der Waals surface area contributed by atoms with E-state index in [-0.39, 0.29) is 11.5 Å². The molecule has 2 aromatic heterocycles. The number of hydrogen-bond acceptors (Lipinski definition) is 6. The van der Waals surface area contributed by atoms with Crippen LogP contribution in [0.25, 0.3) is 0 Å². The van der Waals surface area contributed by atoms with Gasteiger partial charge in [-0.3, -0.25) is 4.79 Å². The van der Waals surface area contributed by atoms with E-state index in [2.05, 4.69) is 20.2 Å². The van der Waals surface area contributed by atoms with Crippen LogP contribution in [0.2, 0.25) is 0 Å². The maximum absolute atomic E-state index is 11.8. The first-order chi connectivity index (χ1) is 7.81. The number of methoxy groups -OCH3 is 1. The molecular formula is C10H8N4O2. The highest BCUT2D eigenvalue weighted by Gasteiger charge is 2.11. The van der Waals surface area contributed by atoms with E-state index in [9.17, 15) is 4.79 Å². The number of aromatic nitrogens is 4. The fraction of sp³-hybridized carbons (Fsp3) is 0.100. The Morgan fingerprint density at radius 3 is 2.50 bits per heavy atom. The van der Waals surface area contributed by atoms with E-state index in [1.165, 1.54) is 25.8 Å². The second-order valence-electron chi connectivity index (χ2n) is 2.92. The first-order valence-corrected chi connectivity index (χ1v) is 4.48. The minimum Gasteiger partial charge on any atom is -0.480 e. The normalized spacial score (nSPS) is 9.81. The smallest absolute Gasteiger partial charge is 0.233 e. The number of hydrogen-bond donors (Lipinski definition) is 0. The number of ketones is 1. The van der Waals surface area contributed by atoms with Crippen LogP contribution in [-0.4, -0.2) is 33.1 Å². The van der Waals surface area contributed by atoms with Crippen LogP contribution in [0.1, 0.15) is 16.1 Å². The molecule has 0 aliphatic rings. The summed E-state index contributed by atoms with van der Waals surface area (Å²) >= 11 is 0. The number of carbonyl (C=O) groups is 1. The molecule has 0 N–H and O–H groups in total. The molecule has 2 aromatic rings. The monoisotopic (exact) mass is 216 g/mol. The average Bonchev–Trinajstić information content (AvgIpc) is 2.39. The van der Waals surface area contributed by atoms with E-state index in [4.69, 9.17) is 4.74 Å². The summed E-state index contributed by atoms with van der Waals surface area (Å²) in [5.74, 6) is 0.0941. The lowest BCUT2D eigenvalue weighted by molar-refractivity contribution is 0.103. The molecule has 0 spiro atoms. The first-order valence-electron chi connectivity index (χ1n) is 4.48. The van der Waals surface area contributed by atoms with Crippen molar-refractivity contribution in [2.75, 3.05) is 7.11 Å². The van der Waals surface area contributed by atoms with E-state index in [1.54, 1.807) is 12.1 Å². The van der Waals surface area contributed by atoms with Crippen LogP contribution in [0.5, 0.6) is 5.88 Å². The molecule has 0 unspecified atom stereocenters. The molecule has 0 fully saturated rings. The standard InChI is InChI=1S/C10H8N4O2/c1-16-9-3-2-8(13-14-9)10(15)7-4-11-6-12-5-7/h2-6H,1H3. The SMILES string of the molecule is COc1ccc(C(=O)c2cncnc2)nn1. The highest BCUT2D eigenvalue weighted by molar-refractivity contribution is 6.07. The quantitative estimate of drug-likeness (QED) is 0.695. The van der Waals surface area contributed by atoms with Crippen LogP contribution in [0.4, 0.5) is 0 Å². The molecule has 2 heterocycles. The van der Waals surface area contributed by atoms with Crippen molar-refractivity contribution in [2.45, 2.75) is 0 Å². The largest absolute Gasteiger partial charge is 0.480 e. The van der Waals surface area contributed by atoms with Gasteiger partial charge in [-0.2, -0.15) is 0 Å². The molecule has 6 heteroatoms. The van der Waals surface area contributed by atoms with Gasteiger partial charge in [-0.05, 0) is 6.07 Å². The molecular weight excluding hydrogens is 208 g/mol. The third-order valence-corrected chi connectivity index (χ3v) is 1.90. The molecule has 0 aromatic carbocycles. The van der Waals surface area contributed by atoms with Crippen molar-refractivity contribution >= 4 is 5.78 Å². The maximum atomic E-state index is 11.8. The molecule has 2 rings (SSSR count). The van der Waals surface area contributed by atoms with Gasteiger partial charge in [0.1, 0.15) is 12.0 Å². The lowest BCUT2D eigenvalue weighted by atomic mass is 10.1. The summed E-state index contributed by atoms with van der Waals surface area (Å²) in [6.07, 6.45) is 4.22. The Kier molecular flexibility index (Phi) is 2.81. The van der Waals surface area contributed by atoms with E-state index in [0.29, 0.717) is 11.4 Å². The molecule has 0 aliphatic heterocycles. The lowest BCUT2D eigenvalue weighted by Gasteiger charge is -1.99. The van der Waals surface area contributed by atoms with E-state index in [0.717, 1.165) is 0 Å². The Morgan fingerprint density at radius 2 is 1.94 bits per heavy atom. The third kappa shape index (κ3) is 2.00. The van der Waals surface area contributed by atoms with Gasteiger partial charge in [-0.15, -0.1) is 10.2 Å². The number of carbonyl (C=O) groups excluding carboxylic acids is 1. The Balaban J connectivity index is 2.28.